The van der Waals surface area contributed by atoms with E-state index in [1.54, 1.807) is 0 Å². The molecule has 4 N–H and O–H groups in total. The van der Waals surface area contributed by atoms with Gasteiger partial charge in [-0.2, -0.15) is 8.42 Å². The van der Waals surface area contributed by atoms with E-state index < -0.39 is 18.7 Å². The lowest BCUT2D eigenvalue weighted by atomic mass is 10.6. The van der Waals surface area contributed by atoms with E-state index in [0.717, 1.165) is 0 Å². The Hall–Kier alpha value is 0.450. The van der Waals surface area contributed by atoms with E-state index in [1.807, 2.05) is 0 Å². The molecule has 19 heavy (non-hydrogen) atoms. The molecule has 0 aliphatic heterocycles. The standard InChI is InChI=1S/C9H21P.H2O4S.H3O3P/c1-4-7-10(8-5-2)9-6-3;1-5(2,3)4;1-4(2)3/h4-9H2,1-3H3;(H2,1,2,3,4);4H,(H2,1,2,3). The number of hydrogen-bond acceptors (Lipinski definition) is 3. The molecule has 0 saturated heterocycles. The van der Waals surface area contributed by atoms with Crippen LogP contribution >= 0.6 is 16.2 Å². The summed E-state index contributed by atoms with van der Waals surface area (Å²) in [7, 11) is -7.36. The fraction of sp³-hybridized carbons (Fsp3) is 1.00. The Labute approximate surface area is 117 Å². The van der Waals surface area contributed by atoms with Crippen molar-refractivity contribution in [1.82, 2.24) is 0 Å². The van der Waals surface area contributed by atoms with Crippen LogP contribution in [0, 0.1) is 0 Å². The van der Waals surface area contributed by atoms with Crippen LogP contribution in [-0.2, 0) is 15.0 Å². The van der Waals surface area contributed by atoms with E-state index in [1.165, 1.54) is 37.7 Å². The molecular formula is C9H26O7P2S. The highest BCUT2D eigenvalue weighted by atomic mass is 32.3. The Bertz CT molecular complexity index is 269. The van der Waals surface area contributed by atoms with Crippen molar-refractivity contribution in [3.8, 4) is 0 Å². The molecule has 0 radical (unpaired) electrons. The van der Waals surface area contributed by atoms with Crippen molar-refractivity contribution in [2.24, 2.45) is 0 Å². The summed E-state index contributed by atoms with van der Waals surface area (Å²) in [5.41, 5.74) is 0. The van der Waals surface area contributed by atoms with Gasteiger partial charge in [0.15, 0.2) is 0 Å². The van der Waals surface area contributed by atoms with Crippen LogP contribution in [0.3, 0.4) is 0 Å². The van der Waals surface area contributed by atoms with Gasteiger partial charge in [0.2, 0.25) is 0 Å². The Morgan fingerprint density at radius 1 is 0.895 bits per heavy atom. The van der Waals surface area contributed by atoms with Gasteiger partial charge in [-0.05, 0) is 18.5 Å². The Morgan fingerprint density at radius 3 is 1.16 bits per heavy atom. The van der Waals surface area contributed by atoms with Gasteiger partial charge in [0.25, 0.3) is 0 Å². The summed E-state index contributed by atoms with van der Waals surface area (Å²) < 4.78 is 40.3. The maximum absolute atomic E-state index is 8.74. The van der Waals surface area contributed by atoms with Gasteiger partial charge in [0.1, 0.15) is 0 Å². The van der Waals surface area contributed by atoms with Gasteiger partial charge in [-0.15, -0.1) is 7.92 Å². The summed E-state index contributed by atoms with van der Waals surface area (Å²) in [5, 5.41) is 0. The van der Waals surface area contributed by atoms with Gasteiger partial charge in [0, 0.05) is 0 Å². The zero-order valence-corrected chi connectivity index (χ0v) is 14.3. The average Bonchev–Trinajstić information content (AvgIpc) is 2.15. The highest BCUT2D eigenvalue weighted by Gasteiger charge is 2.02. The Balaban J connectivity index is -0.000000238. The minimum atomic E-state index is -4.67. The highest BCUT2D eigenvalue weighted by Crippen LogP contribution is 2.37. The lowest BCUT2D eigenvalue weighted by Gasteiger charge is -2.13. The quantitative estimate of drug-likeness (QED) is 0.431. The molecule has 0 aromatic heterocycles. The second-order valence-corrected chi connectivity index (χ2v) is 7.72. The summed E-state index contributed by atoms with van der Waals surface area (Å²) >= 11 is 0. The molecule has 0 atom stereocenters. The van der Waals surface area contributed by atoms with Crippen LogP contribution in [0.4, 0.5) is 0 Å². The summed E-state index contributed by atoms with van der Waals surface area (Å²) in [4.78, 5) is 14.3. The van der Waals surface area contributed by atoms with Gasteiger partial charge in [-0.1, -0.05) is 40.0 Å². The topological polar surface area (TPSA) is 132 Å². The lowest BCUT2D eigenvalue weighted by molar-refractivity contribution is 0.380. The predicted molar refractivity (Wildman–Crippen MR) is 80.0 cm³/mol. The van der Waals surface area contributed by atoms with Crippen LogP contribution in [0.2, 0.25) is 0 Å². The van der Waals surface area contributed by atoms with Gasteiger partial charge < -0.3 is 9.79 Å². The molecular weight excluding hydrogens is 314 g/mol. The van der Waals surface area contributed by atoms with Crippen LogP contribution in [-0.4, -0.2) is 45.8 Å². The fourth-order valence-corrected chi connectivity index (χ4v) is 3.85. The lowest BCUT2D eigenvalue weighted by Crippen LogP contribution is -1.92. The monoisotopic (exact) mass is 340 g/mol. The van der Waals surface area contributed by atoms with Crippen LogP contribution < -0.4 is 0 Å². The van der Waals surface area contributed by atoms with Crippen molar-refractivity contribution in [1.29, 1.82) is 0 Å². The fourth-order valence-electron chi connectivity index (χ4n) is 1.28. The molecule has 0 bridgehead atoms. The first-order valence-corrected chi connectivity index (χ1v) is 10.5. The first kappa shape index (κ1) is 24.5. The molecule has 0 aliphatic carbocycles. The van der Waals surface area contributed by atoms with Crippen LogP contribution in [0.5, 0.6) is 0 Å². The van der Waals surface area contributed by atoms with Gasteiger partial charge in [0.05, 0.1) is 0 Å². The Morgan fingerprint density at radius 2 is 1.05 bits per heavy atom. The number of hydrogen-bond donors (Lipinski definition) is 4. The maximum Gasteiger partial charge on any atom is 0.394 e. The zero-order chi connectivity index (χ0) is 15.9. The van der Waals surface area contributed by atoms with E-state index >= 15 is 0 Å². The molecule has 0 unspecified atom stereocenters. The zero-order valence-electron chi connectivity index (χ0n) is 11.6. The van der Waals surface area contributed by atoms with E-state index in [0.29, 0.717) is 7.92 Å². The predicted octanol–water partition coefficient (Wildman–Crippen LogP) is 2.41. The van der Waals surface area contributed by atoms with Crippen molar-refractivity contribution in [2.45, 2.75) is 40.0 Å². The summed E-state index contributed by atoms with van der Waals surface area (Å²) in [6.45, 7) is 6.92. The van der Waals surface area contributed by atoms with Crippen molar-refractivity contribution >= 4 is 26.6 Å². The third-order valence-corrected chi connectivity index (χ3v) is 4.86. The highest BCUT2D eigenvalue weighted by molar-refractivity contribution is 7.79. The second kappa shape index (κ2) is 16.5. The van der Waals surface area contributed by atoms with Crippen molar-refractivity contribution < 1.29 is 31.9 Å². The number of rotatable bonds is 6. The molecule has 0 spiro atoms. The minimum absolute atomic E-state index is 0.439. The van der Waals surface area contributed by atoms with E-state index in [2.05, 4.69) is 20.8 Å². The Kier molecular flexibility index (Phi) is 21.3. The van der Waals surface area contributed by atoms with Gasteiger partial charge >= 0.3 is 18.7 Å². The van der Waals surface area contributed by atoms with Crippen molar-refractivity contribution in [3.63, 3.8) is 0 Å². The molecule has 0 aromatic carbocycles. The van der Waals surface area contributed by atoms with Crippen LogP contribution in [0.25, 0.3) is 0 Å². The normalized spacial score (nSPS) is 10.6. The molecule has 0 fully saturated rings. The summed E-state index contributed by atoms with van der Waals surface area (Å²) in [6, 6.07) is 0. The molecule has 0 aromatic rings. The van der Waals surface area contributed by atoms with Crippen LogP contribution in [0.1, 0.15) is 40.0 Å². The third-order valence-electron chi connectivity index (χ3n) is 1.62. The molecule has 0 rings (SSSR count). The molecule has 120 valence electrons. The molecule has 10 heteroatoms. The summed E-state index contributed by atoms with van der Waals surface area (Å²) in [5.74, 6) is 0. The van der Waals surface area contributed by atoms with Gasteiger partial charge in [-0.3, -0.25) is 13.7 Å². The van der Waals surface area contributed by atoms with Crippen molar-refractivity contribution in [3.05, 3.63) is 0 Å². The summed E-state index contributed by atoms with van der Waals surface area (Å²) in [6.07, 6.45) is 8.72. The maximum atomic E-state index is 8.74. The first-order valence-electron chi connectivity index (χ1n) is 5.92. The van der Waals surface area contributed by atoms with Crippen LogP contribution in [0.15, 0.2) is 0 Å². The molecule has 0 amide bonds. The largest absolute Gasteiger partial charge is 0.394 e. The van der Waals surface area contributed by atoms with E-state index in [-0.39, 0.29) is 0 Å². The molecule has 0 saturated carbocycles. The van der Waals surface area contributed by atoms with Crippen molar-refractivity contribution in [2.75, 3.05) is 18.5 Å². The van der Waals surface area contributed by atoms with E-state index in [9.17, 15) is 0 Å². The molecule has 0 heterocycles. The van der Waals surface area contributed by atoms with E-state index in [4.69, 9.17) is 31.9 Å². The average molecular weight is 340 g/mol. The second-order valence-electron chi connectivity index (χ2n) is 3.57. The minimum Gasteiger partial charge on any atom is -0.326 e. The smallest absolute Gasteiger partial charge is 0.326 e. The molecule has 7 nitrogen and oxygen atoms in total. The molecule has 0 aliphatic rings. The third kappa shape index (κ3) is 55.9. The first-order chi connectivity index (χ1) is 8.58. The SMILES string of the molecule is CCCP(CCC)CCC.O=S(=O)(O)O.O=[PH](O)O. The van der Waals surface area contributed by atoms with Gasteiger partial charge in [-0.25, -0.2) is 0 Å².